The molecule has 0 aromatic heterocycles. The Morgan fingerprint density at radius 3 is 2.00 bits per heavy atom. The Hall–Kier alpha value is -1.65. The number of allylic oxidation sites excluding steroid dienone is 5. The number of quaternary nitrogens is 1. The number of hydrogen-bond donors (Lipinski definition) is 4. The quantitative estimate of drug-likeness (QED) is 0.0213. The van der Waals surface area contributed by atoms with Crippen LogP contribution < -0.4 is 5.32 Å². The molecule has 55 heavy (non-hydrogen) atoms. The summed E-state index contributed by atoms with van der Waals surface area (Å²) in [5.74, 6) is -0.408. The number of phosphoric acid groups is 1. The number of ketones is 1. The van der Waals surface area contributed by atoms with E-state index in [9.17, 15) is 29.3 Å². The number of hydrogen-bond acceptors (Lipinski definition) is 7. The number of aliphatic hydroxyl groups excluding tert-OH is 2. The average Bonchev–Trinajstić information content (AvgIpc) is 3.48. The molecule has 1 rings (SSSR count). The summed E-state index contributed by atoms with van der Waals surface area (Å²) in [6, 6.07) is -0.839. The molecule has 0 aromatic carbocycles. The van der Waals surface area contributed by atoms with Gasteiger partial charge in [-0.15, -0.1) is 0 Å². The van der Waals surface area contributed by atoms with E-state index in [1.807, 2.05) is 45.4 Å². The number of aliphatic hydroxyl groups is 2. The molecule has 0 saturated carbocycles. The van der Waals surface area contributed by atoms with E-state index in [4.69, 9.17) is 9.05 Å². The zero-order valence-electron chi connectivity index (χ0n) is 35.5. The Morgan fingerprint density at radius 2 is 1.40 bits per heavy atom. The van der Waals surface area contributed by atoms with Gasteiger partial charge in [-0.05, 0) is 44.1 Å². The van der Waals surface area contributed by atoms with Crippen LogP contribution in [0.15, 0.2) is 36.5 Å². The minimum absolute atomic E-state index is 0.0381. The maximum Gasteiger partial charge on any atom is 0.472 e. The van der Waals surface area contributed by atoms with Crippen LogP contribution in [0.25, 0.3) is 0 Å². The molecule has 0 bridgehead atoms. The number of carbonyl (C=O) groups is 2. The maximum atomic E-state index is 13.0. The van der Waals surface area contributed by atoms with Gasteiger partial charge in [0.2, 0.25) is 5.91 Å². The van der Waals surface area contributed by atoms with E-state index < -0.39 is 26.1 Å². The number of amides is 1. The fourth-order valence-electron chi connectivity index (χ4n) is 6.74. The zero-order valence-corrected chi connectivity index (χ0v) is 36.4. The molecule has 1 amide bonds. The van der Waals surface area contributed by atoms with Crippen LogP contribution in [0.1, 0.15) is 162 Å². The van der Waals surface area contributed by atoms with Crippen LogP contribution in [0.2, 0.25) is 0 Å². The fraction of sp³-hybridized carbons (Fsp3) is 0.818. The van der Waals surface area contributed by atoms with E-state index in [1.165, 1.54) is 70.6 Å². The maximum absolute atomic E-state index is 13.0. The summed E-state index contributed by atoms with van der Waals surface area (Å²) in [5, 5.41) is 24.1. The van der Waals surface area contributed by atoms with Gasteiger partial charge in [-0.3, -0.25) is 18.6 Å². The summed E-state index contributed by atoms with van der Waals surface area (Å²) in [7, 11) is 1.49. The number of rotatable bonds is 36. The van der Waals surface area contributed by atoms with Crippen molar-refractivity contribution in [2.45, 2.75) is 180 Å². The molecule has 6 atom stereocenters. The average molecular weight is 798 g/mol. The van der Waals surface area contributed by atoms with E-state index in [0.29, 0.717) is 43.1 Å². The minimum Gasteiger partial charge on any atom is -0.391 e. The Kier molecular flexibility index (Phi) is 29.3. The first-order chi connectivity index (χ1) is 26.3. The third-order valence-electron chi connectivity index (χ3n) is 10.4. The van der Waals surface area contributed by atoms with Crippen LogP contribution in [-0.4, -0.2) is 90.4 Å². The number of unbranched alkanes of at least 4 members (excludes halogenated alkanes) is 16. The van der Waals surface area contributed by atoms with Crippen molar-refractivity contribution in [2.24, 2.45) is 11.8 Å². The van der Waals surface area contributed by atoms with Crippen LogP contribution in [0.3, 0.4) is 0 Å². The number of phosphoric ester groups is 1. The predicted molar refractivity (Wildman–Crippen MR) is 226 cm³/mol. The van der Waals surface area contributed by atoms with Crippen LogP contribution in [-0.2, 0) is 23.2 Å². The smallest absolute Gasteiger partial charge is 0.391 e. The largest absolute Gasteiger partial charge is 0.472 e. The normalized spacial score (nSPS) is 19.0. The molecule has 0 fully saturated rings. The third-order valence-corrected chi connectivity index (χ3v) is 11.4. The van der Waals surface area contributed by atoms with Gasteiger partial charge in [0.1, 0.15) is 13.2 Å². The van der Waals surface area contributed by atoms with Gasteiger partial charge in [0.15, 0.2) is 5.78 Å². The Morgan fingerprint density at radius 1 is 0.836 bits per heavy atom. The standard InChI is InChI=1S/C44H81N2O8P/c1-6-8-10-11-12-13-14-15-16-17-18-19-20-25-29-43(49)41(37-54-55(51,52)53-36-35-46(3,4)5)45-44(50)30-26-22-21-24-27-38-31-34-42(48)40(38)33-32-39(47)28-23-9-7-2/h21,24,31-34,38-41,43,47,49H,6-20,22-23,25-30,35-37H2,1-5H3,(H-,45,50,51,52)/p+1/b24-21-,33-32+/t38-,39-,40+,41-,43+/m0/s1. The van der Waals surface area contributed by atoms with Crippen molar-refractivity contribution in [3.63, 3.8) is 0 Å². The lowest BCUT2D eigenvalue weighted by atomic mass is 9.90. The summed E-state index contributed by atoms with van der Waals surface area (Å²) in [6.07, 6.45) is 33.6. The van der Waals surface area contributed by atoms with E-state index in [0.717, 1.165) is 38.5 Å². The highest BCUT2D eigenvalue weighted by molar-refractivity contribution is 7.47. The van der Waals surface area contributed by atoms with E-state index in [-0.39, 0.29) is 43.2 Å². The van der Waals surface area contributed by atoms with Crippen molar-refractivity contribution in [1.29, 1.82) is 0 Å². The second-order valence-corrected chi connectivity index (χ2v) is 18.2. The van der Waals surface area contributed by atoms with Crippen LogP contribution in [0.4, 0.5) is 0 Å². The minimum atomic E-state index is -4.37. The Bertz CT molecular complexity index is 1140. The number of carbonyl (C=O) groups excluding carboxylic acids is 2. The molecule has 0 radical (unpaired) electrons. The molecule has 4 N–H and O–H groups in total. The van der Waals surface area contributed by atoms with Crippen LogP contribution in [0, 0.1) is 11.8 Å². The van der Waals surface area contributed by atoms with Gasteiger partial charge >= 0.3 is 7.82 Å². The fourth-order valence-corrected chi connectivity index (χ4v) is 7.48. The molecule has 1 unspecified atom stereocenters. The van der Waals surface area contributed by atoms with E-state index >= 15 is 0 Å². The lowest BCUT2D eigenvalue weighted by molar-refractivity contribution is -0.870. The topological polar surface area (TPSA) is 142 Å². The molecule has 0 spiro atoms. The lowest BCUT2D eigenvalue weighted by Crippen LogP contribution is -2.46. The van der Waals surface area contributed by atoms with Gasteiger partial charge in [-0.2, -0.15) is 0 Å². The van der Waals surface area contributed by atoms with E-state index in [1.54, 1.807) is 12.2 Å². The first-order valence-electron chi connectivity index (χ1n) is 21.9. The van der Waals surface area contributed by atoms with Gasteiger partial charge in [0.05, 0.1) is 46.0 Å². The summed E-state index contributed by atoms with van der Waals surface area (Å²) in [5.41, 5.74) is 0. The van der Waals surface area contributed by atoms with Gasteiger partial charge in [0, 0.05) is 12.3 Å². The van der Waals surface area contributed by atoms with Gasteiger partial charge in [0.25, 0.3) is 0 Å². The third kappa shape index (κ3) is 28.4. The molecule has 320 valence electrons. The molecule has 0 saturated heterocycles. The van der Waals surface area contributed by atoms with E-state index in [2.05, 4.69) is 19.2 Å². The molecular formula is C44H82N2O8P+. The number of nitrogens with one attached hydrogen (secondary N) is 1. The summed E-state index contributed by atoms with van der Waals surface area (Å²) >= 11 is 0. The van der Waals surface area contributed by atoms with Crippen molar-refractivity contribution in [3.8, 4) is 0 Å². The Balaban J connectivity index is 2.51. The SMILES string of the molecule is CCCCCCCCCCCCCCCC[C@@H](O)[C@H](COP(=O)(O)OCC[N+](C)(C)C)NC(=O)CCC/C=C\C[C@H]1C=CC(=O)[C@@H]1/C=C/[C@@H](O)CCCCC. The van der Waals surface area contributed by atoms with Crippen molar-refractivity contribution < 1.29 is 42.8 Å². The predicted octanol–water partition coefficient (Wildman–Crippen LogP) is 9.53. The van der Waals surface area contributed by atoms with Gasteiger partial charge in [-0.25, -0.2) is 4.57 Å². The number of nitrogens with zero attached hydrogens (tertiary/aromatic N) is 1. The number of likely N-dealkylation sites (N-methyl/N-ethyl adjacent to an activating group) is 1. The summed E-state index contributed by atoms with van der Waals surface area (Å²) < 4.78 is 23.6. The Labute approximate surface area is 335 Å². The van der Waals surface area contributed by atoms with Gasteiger partial charge in [-0.1, -0.05) is 153 Å². The van der Waals surface area contributed by atoms with Gasteiger partial charge < -0.3 is 24.9 Å². The van der Waals surface area contributed by atoms with Crippen molar-refractivity contribution in [2.75, 3.05) is 40.9 Å². The van der Waals surface area contributed by atoms with Crippen molar-refractivity contribution in [1.82, 2.24) is 5.32 Å². The molecule has 0 aromatic rings. The second-order valence-electron chi connectivity index (χ2n) is 16.7. The molecule has 1 aliphatic rings. The highest BCUT2D eigenvalue weighted by Gasteiger charge is 2.29. The molecule has 1 aliphatic carbocycles. The van der Waals surface area contributed by atoms with Crippen LogP contribution >= 0.6 is 7.82 Å². The zero-order chi connectivity index (χ0) is 40.8. The molecule has 10 nitrogen and oxygen atoms in total. The first kappa shape index (κ1) is 51.4. The van der Waals surface area contributed by atoms with Crippen molar-refractivity contribution >= 4 is 19.5 Å². The molecule has 0 aliphatic heterocycles. The monoisotopic (exact) mass is 798 g/mol. The second kappa shape index (κ2) is 31.4. The molecule has 11 heteroatoms. The summed E-state index contributed by atoms with van der Waals surface area (Å²) in [4.78, 5) is 35.6. The highest BCUT2D eigenvalue weighted by atomic mass is 31.2. The molecule has 0 heterocycles. The first-order valence-corrected chi connectivity index (χ1v) is 23.4. The lowest BCUT2D eigenvalue weighted by Gasteiger charge is -2.26. The van der Waals surface area contributed by atoms with Crippen LogP contribution in [0.5, 0.6) is 0 Å². The van der Waals surface area contributed by atoms with Crippen molar-refractivity contribution in [3.05, 3.63) is 36.5 Å². The summed E-state index contributed by atoms with van der Waals surface area (Å²) in [6.45, 7) is 4.60. The highest BCUT2D eigenvalue weighted by Crippen LogP contribution is 2.43. The molecular weight excluding hydrogens is 715 g/mol.